The van der Waals surface area contributed by atoms with Gasteiger partial charge in [0, 0.05) is 30.6 Å². The highest BCUT2D eigenvalue weighted by atomic mass is 32.1. The number of rotatable bonds is 4. The van der Waals surface area contributed by atoms with Crippen LogP contribution in [-0.4, -0.2) is 45.1 Å². The van der Waals surface area contributed by atoms with Crippen molar-refractivity contribution in [1.29, 1.82) is 0 Å². The minimum atomic E-state index is -0.514. The first kappa shape index (κ1) is 18.1. The molecule has 3 aromatic rings. The van der Waals surface area contributed by atoms with E-state index in [9.17, 15) is 9.90 Å². The lowest BCUT2D eigenvalue weighted by Gasteiger charge is -2.16. The summed E-state index contributed by atoms with van der Waals surface area (Å²) in [4.78, 5) is 24.3. The van der Waals surface area contributed by atoms with Gasteiger partial charge in [-0.15, -0.1) is 11.3 Å². The van der Waals surface area contributed by atoms with E-state index in [2.05, 4.69) is 16.0 Å². The van der Waals surface area contributed by atoms with Gasteiger partial charge < -0.3 is 10.0 Å². The number of pyridine rings is 1. The van der Waals surface area contributed by atoms with E-state index in [4.69, 9.17) is 0 Å². The van der Waals surface area contributed by atoms with Gasteiger partial charge in [-0.05, 0) is 37.5 Å². The molecular weight excluding hydrogens is 358 g/mol. The van der Waals surface area contributed by atoms with Crippen LogP contribution in [0.3, 0.4) is 0 Å². The minimum Gasteiger partial charge on any atom is -0.391 e. The number of thiazole rings is 1. The lowest BCUT2D eigenvalue weighted by Crippen LogP contribution is -2.29. The zero-order valence-corrected chi connectivity index (χ0v) is 16.4. The second kappa shape index (κ2) is 7.37. The maximum Gasteiger partial charge on any atom is 0.265 e. The summed E-state index contributed by atoms with van der Waals surface area (Å²) in [6, 6.07) is 10.1. The van der Waals surface area contributed by atoms with Gasteiger partial charge in [0.1, 0.15) is 4.88 Å². The molecule has 0 saturated carbocycles. The minimum absolute atomic E-state index is 0.00848. The van der Waals surface area contributed by atoms with Gasteiger partial charge >= 0.3 is 0 Å². The number of nitrogens with zero attached hydrogens (tertiary/aromatic N) is 3. The first-order valence-electron chi connectivity index (χ1n) is 9.33. The third-order valence-electron chi connectivity index (χ3n) is 5.25. The Balaban J connectivity index is 1.53. The Labute approximate surface area is 162 Å². The molecule has 1 fully saturated rings. The molecule has 0 unspecified atom stereocenters. The molecule has 3 heterocycles. The second-order valence-corrected chi connectivity index (χ2v) is 8.19. The Morgan fingerprint density at radius 3 is 2.89 bits per heavy atom. The predicted molar refractivity (Wildman–Crippen MR) is 107 cm³/mol. The van der Waals surface area contributed by atoms with Gasteiger partial charge in [-0.1, -0.05) is 25.1 Å². The number of hydrogen-bond donors (Lipinski definition) is 1. The van der Waals surface area contributed by atoms with Crippen LogP contribution in [-0.2, 0) is 12.8 Å². The molecule has 0 bridgehead atoms. The molecular formula is C21H23N3O2S. The number of aryl methyl sites for hydroxylation is 2. The van der Waals surface area contributed by atoms with Crippen molar-refractivity contribution in [1.82, 2.24) is 14.9 Å². The topological polar surface area (TPSA) is 66.3 Å². The third-order valence-corrected chi connectivity index (χ3v) is 6.54. The summed E-state index contributed by atoms with van der Waals surface area (Å²) < 4.78 is 0. The van der Waals surface area contributed by atoms with Crippen molar-refractivity contribution >= 4 is 28.1 Å². The first-order chi connectivity index (χ1) is 13.1. The second-order valence-electron chi connectivity index (χ2n) is 7.10. The molecule has 1 aliphatic heterocycles. The van der Waals surface area contributed by atoms with Crippen LogP contribution < -0.4 is 0 Å². The van der Waals surface area contributed by atoms with Gasteiger partial charge in [0.05, 0.1) is 22.3 Å². The first-order valence-corrected chi connectivity index (χ1v) is 10.1. The van der Waals surface area contributed by atoms with E-state index in [1.807, 2.05) is 44.3 Å². The summed E-state index contributed by atoms with van der Waals surface area (Å²) in [5, 5.41) is 12.7. The van der Waals surface area contributed by atoms with Gasteiger partial charge in [0.25, 0.3) is 5.91 Å². The number of β-amino-alcohol motifs (C(OH)–C–C–N with tert-alkyl or cyclic N) is 1. The number of aliphatic hydroxyl groups is 1. The average molecular weight is 382 g/mol. The Kier molecular flexibility index (Phi) is 4.93. The molecule has 0 radical (unpaired) electrons. The standard InChI is InChI=1S/C21H23N3O2S/c1-3-19-23-13(2)20(27-19)21(26)24-11-15(18(25)12-24)10-14-8-9-22-17-7-5-4-6-16(14)17/h4-9,15,18,25H,3,10-12H2,1-2H3/t15-,18-/m1/s1. The van der Waals surface area contributed by atoms with Crippen LogP contribution in [0.15, 0.2) is 36.5 Å². The smallest absolute Gasteiger partial charge is 0.265 e. The Morgan fingerprint density at radius 1 is 1.30 bits per heavy atom. The summed E-state index contributed by atoms with van der Waals surface area (Å²) in [6.45, 7) is 4.87. The van der Waals surface area contributed by atoms with Gasteiger partial charge in [-0.3, -0.25) is 9.78 Å². The van der Waals surface area contributed by atoms with Gasteiger partial charge in [0.15, 0.2) is 0 Å². The van der Waals surface area contributed by atoms with E-state index < -0.39 is 6.10 Å². The lowest BCUT2D eigenvalue weighted by molar-refractivity contribution is 0.0768. The average Bonchev–Trinajstić information content (AvgIpc) is 3.24. The molecule has 1 aliphatic rings. The fourth-order valence-corrected chi connectivity index (χ4v) is 4.75. The van der Waals surface area contributed by atoms with Crippen molar-refractivity contribution in [3.8, 4) is 0 Å². The summed E-state index contributed by atoms with van der Waals surface area (Å²) in [7, 11) is 0. The molecule has 140 valence electrons. The fraction of sp³-hybridized carbons (Fsp3) is 0.381. The Bertz CT molecular complexity index is 979. The van der Waals surface area contributed by atoms with Gasteiger partial charge in [-0.2, -0.15) is 0 Å². The summed E-state index contributed by atoms with van der Waals surface area (Å²) >= 11 is 1.47. The molecule has 1 aromatic carbocycles. The number of hydrogen-bond acceptors (Lipinski definition) is 5. The summed E-state index contributed by atoms with van der Waals surface area (Å²) in [5.74, 6) is 0.0180. The van der Waals surface area contributed by atoms with E-state index in [0.717, 1.165) is 34.4 Å². The van der Waals surface area contributed by atoms with E-state index in [1.54, 1.807) is 4.90 Å². The number of aromatic nitrogens is 2. The van der Waals surface area contributed by atoms with Crippen molar-refractivity contribution in [3.63, 3.8) is 0 Å². The molecule has 2 aromatic heterocycles. The molecule has 5 nitrogen and oxygen atoms in total. The van der Waals surface area contributed by atoms with Crippen LogP contribution in [0.1, 0.15) is 32.9 Å². The van der Waals surface area contributed by atoms with E-state index >= 15 is 0 Å². The number of carbonyl (C=O) groups is 1. The fourth-order valence-electron chi connectivity index (χ4n) is 3.78. The normalized spacial score (nSPS) is 19.7. The van der Waals surface area contributed by atoms with Crippen molar-refractivity contribution in [2.75, 3.05) is 13.1 Å². The number of fused-ring (bicyclic) bond motifs is 1. The largest absolute Gasteiger partial charge is 0.391 e. The third kappa shape index (κ3) is 3.47. The molecule has 1 saturated heterocycles. The van der Waals surface area contributed by atoms with Crippen LogP contribution >= 0.6 is 11.3 Å². The number of likely N-dealkylation sites (tertiary alicyclic amines) is 1. The van der Waals surface area contributed by atoms with Crippen molar-refractivity contribution in [3.05, 3.63) is 57.7 Å². The maximum atomic E-state index is 12.9. The SMILES string of the molecule is CCc1nc(C)c(C(=O)N2C[C@@H](Cc3ccnc4ccccc34)[C@H](O)C2)s1. The highest BCUT2D eigenvalue weighted by molar-refractivity contribution is 7.13. The van der Waals surface area contributed by atoms with Crippen LogP contribution in [0.25, 0.3) is 10.9 Å². The molecule has 2 atom stereocenters. The predicted octanol–water partition coefficient (Wildman–Crippen LogP) is 3.24. The summed E-state index contributed by atoms with van der Waals surface area (Å²) in [5.41, 5.74) is 2.92. The van der Waals surface area contributed by atoms with Crippen LogP contribution in [0.4, 0.5) is 0 Å². The van der Waals surface area contributed by atoms with Crippen LogP contribution in [0, 0.1) is 12.8 Å². The van der Waals surface area contributed by atoms with Crippen molar-refractivity contribution < 1.29 is 9.90 Å². The maximum absolute atomic E-state index is 12.9. The number of aliphatic hydroxyl groups excluding tert-OH is 1. The van der Waals surface area contributed by atoms with E-state index in [1.165, 1.54) is 16.9 Å². The molecule has 6 heteroatoms. The van der Waals surface area contributed by atoms with Crippen molar-refractivity contribution in [2.45, 2.75) is 32.8 Å². The molecule has 0 aliphatic carbocycles. The number of para-hydroxylation sites is 1. The lowest BCUT2D eigenvalue weighted by atomic mass is 9.94. The highest BCUT2D eigenvalue weighted by Gasteiger charge is 2.35. The molecule has 1 N–H and O–H groups in total. The quantitative estimate of drug-likeness (QED) is 0.753. The van der Waals surface area contributed by atoms with Gasteiger partial charge in [0.2, 0.25) is 0 Å². The van der Waals surface area contributed by atoms with E-state index in [-0.39, 0.29) is 11.8 Å². The molecule has 4 rings (SSSR count). The van der Waals surface area contributed by atoms with Crippen LogP contribution in [0.2, 0.25) is 0 Å². The number of benzene rings is 1. The van der Waals surface area contributed by atoms with Crippen LogP contribution in [0.5, 0.6) is 0 Å². The summed E-state index contributed by atoms with van der Waals surface area (Å²) in [6.07, 6.45) is 2.86. The number of carbonyl (C=O) groups excluding carboxylic acids is 1. The highest BCUT2D eigenvalue weighted by Crippen LogP contribution is 2.28. The Hall–Kier alpha value is -2.31. The molecule has 0 spiro atoms. The van der Waals surface area contributed by atoms with E-state index in [0.29, 0.717) is 18.0 Å². The molecule has 1 amide bonds. The zero-order valence-electron chi connectivity index (χ0n) is 15.6. The molecule has 27 heavy (non-hydrogen) atoms. The number of amides is 1. The Morgan fingerprint density at radius 2 is 2.11 bits per heavy atom. The zero-order chi connectivity index (χ0) is 19.0. The van der Waals surface area contributed by atoms with Gasteiger partial charge in [-0.25, -0.2) is 4.98 Å². The monoisotopic (exact) mass is 381 g/mol. The van der Waals surface area contributed by atoms with Crippen molar-refractivity contribution in [2.24, 2.45) is 5.92 Å².